The highest BCUT2D eigenvalue weighted by molar-refractivity contribution is 6.60. The van der Waals surface area contributed by atoms with Gasteiger partial charge in [0.25, 0.3) is 0 Å². The minimum atomic E-state index is -2.54. The number of benzene rings is 2. The average molecular weight is 457 g/mol. The van der Waals surface area contributed by atoms with Crippen molar-refractivity contribution in [3.05, 3.63) is 65.7 Å². The van der Waals surface area contributed by atoms with Crippen LogP contribution >= 0.6 is 0 Å². The van der Waals surface area contributed by atoms with Gasteiger partial charge in [0, 0.05) is 31.9 Å². The highest BCUT2D eigenvalue weighted by Crippen LogP contribution is 2.23. The summed E-state index contributed by atoms with van der Waals surface area (Å²) < 4.78 is 22.5. The van der Waals surface area contributed by atoms with Gasteiger partial charge in [-0.2, -0.15) is 0 Å². The molecule has 0 aromatic heterocycles. The molecule has 0 unspecified atom stereocenters. The number of methoxy groups -OCH3 is 1. The topological polar surface area (TPSA) is 54.0 Å². The molecule has 5 nitrogen and oxygen atoms in total. The Morgan fingerprint density at radius 2 is 1.53 bits per heavy atom. The highest BCUT2D eigenvalue weighted by Gasteiger charge is 2.39. The van der Waals surface area contributed by atoms with Gasteiger partial charge in [-0.25, -0.2) is 4.79 Å². The van der Waals surface area contributed by atoms with Gasteiger partial charge in [-0.15, -0.1) is 0 Å². The van der Waals surface area contributed by atoms with Gasteiger partial charge in [-0.05, 0) is 74.4 Å². The molecule has 6 heteroatoms. The van der Waals surface area contributed by atoms with Crippen LogP contribution in [-0.2, 0) is 29.2 Å². The maximum Gasteiger partial charge on any atom is 0.500 e. The Labute approximate surface area is 193 Å². The Kier molecular flexibility index (Phi) is 11.4. The normalized spacial score (nSPS) is 11.8. The van der Waals surface area contributed by atoms with Crippen LogP contribution < -0.4 is 0 Å². The van der Waals surface area contributed by atoms with Crippen molar-refractivity contribution in [2.24, 2.45) is 0 Å². The molecule has 0 aliphatic rings. The third-order valence-electron chi connectivity index (χ3n) is 5.08. The largest absolute Gasteiger partial charge is 0.500 e. The molecule has 174 valence electrons. The molecule has 0 fully saturated rings. The minimum Gasteiger partial charge on any atom is -0.466 e. The number of hydrogen-bond donors (Lipinski definition) is 0. The number of hydrogen-bond acceptors (Lipinski definition) is 5. The molecule has 2 rings (SSSR count). The number of unbranched alkanes of at least 4 members (excludes halogenated alkanes) is 1. The first-order valence-electron chi connectivity index (χ1n) is 11.4. The Morgan fingerprint density at radius 1 is 0.875 bits per heavy atom. The van der Waals surface area contributed by atoms with Gasteiger partial charge in [-0.1, -0.05) is 42.5 Å². The van der Waals surface area contributed by atoms with E-state index in [1.807, 2.05) is 32.9 Å². The molecular formula is C26H36O5Si. The van der Waals surface area contributed by atoms with Crippen LogP contribution in [0.15, 0.2) is 54.6 Å². The van der Waals surface area contributed by atoms with Crippen molar-refractivity contribution in [3.8, 4) is 11.1 Å². The fourth-order valence-corrected chi connectivity index (χ4v) is 6.28. The molecule has 0 bridgehead atoms. The van der Waals surface area contributed by atoms with Crippen molar-refractivity contribution in [1.82, 2.24) is 0 Å². The first-order chi connectivity index (χ1) is 15.6. The lowest BCUT2D eigenvalue weighted by molar-refractivity contribution is -0.134. The number of carbonyl (C=O) groups excluding carboxylic acids is 1. The van der Waals surface area contributed by atoms with Gasteiger partial charge in [0.2, 0.25) is 0 Å². The fourth-order valence-electron chi connectivity index (χ4n) is 3.59. The number of esters is 1. The summed E-state index contributed by atoms with van der Waals surface area (Å²) in [5.74, 6) is -0.358. The van der Waals surface area contributed by atoms with Gasteiger partial charge in [0.1, 0.15) is 0 Å². The highest BCUT2D eigenvalue weighted by atomic mass is 28.4. The quantitative estimate of drug-likeness (QED) is 0.153. The van der Waals surface area contributed by atoms with E-state index in [1.165, 1.54) is 18.7 Å². The Morgan fingerprint density at radius 3 is 2.12 bits per heavy atom. The minimum absolute atomic E-state index is 0.358. The molecule has 0 saturated carbocycles. The fraction of sp³-hybridized carbons (Fsp3) is 0.423. The van der Waals surface area contributed by atoms with Crippen molar-refractivity contribution in [2.75, 3.05) is 26.9 Å². The van der Waals surface area contributed by atoms with E-state index in [1.54, 1.807) is 6.08 Å². The molecule has 0 spiro atoms. The number of carbonyl (C=O) groups is 1. The molecule has 32 heavy (non-hydrogen) atoms. The zero-order valence-corrected chi connectivity index (χ0v) is 20.8. The number of aryl methyl sites for hydroxylation is 1. The van der Waals surface area contributed by atoms with E-state index in [-0.39, 0.29) is 5.97 Å². The molecule has 0 saturated heterocycles. The van der Waals surface area contributed by atoms with Crippen LogP contribution in [0.2, 0.25) is 6.04 Å². The van der Waals surface area contributed by atoms with Crippen LogP contribution in [0, 0.1) is 0 Å². The second-order valence-electron chi connectivity index (χ2n) is 7.37. The molecule has 2 aromatic rings. The van der Waals surface area contributed by atoms with Crippen LogP contribution in [0.3, 0.4) is 0 Å². The predicted octanol–water partition coefficient (Wildman–Crippen LogP) is 5.91. The molecular weight excluding hydrogens is 420 g/mol. The molecule has 0 amide bonds. The lowest BCUT2D eigenvalue weighted by Crippen LogP contribution is -2.45. The van der Waals surface area contributed by atoms with Crippen molar-refractivity contribution in [1.29, 1.82) is 0 Å². The molecule has 0 radical (unpaired) electrons. The van der Waals surface area contributed by atoms with Gasteiger partial charge < -0.3 is 18.0 Å². The van der Waals surface area contributed by atoms with Crippen LogP contribution in [0.5, 0.6) is 0 Å². The third-order valence-corrected chi connectivity index (χ3v) is 8.23. The van der Waals surface area contributed by atoms with Gasteiger partial charge in [0.05, 0.1) is 7.11 Å². The summed E-state index contributed by atoms with van der Waals surface area (Å²) in [6.45, 7) is 7.83. The van der Waals surface area contributed by atoms with Gasteiger partial charge in [0.15, 0.2) is 0 Å². The monoisotopic (exact) mass is 456 g/mol. The standard InChI is InChI=1S/C26H36O5Si/c1-5-29-32(30-6-2,31-7-3)20-9-8-11-22-14-17-24(18-15-22)25-13-10-12-23(21-25)16-19-26(27)28-4/h10,12-19,21H,5-9,11,20H2,1-4H3/b19-16+. The summed E-state index contributed by atoms with van der Waals surface area (Å²) in [5, 5.41) is 0. The van der Waals surface area contributed by atoms with Gasteiger partial charge >= 0.3 is 14.8 Å². The third kappa shape index (κ3) is 8.35. The van der Waals surface area contributed by atoms with E-state index in [0.29, 0.717) is 19.8 Å². The predicted molar refractivity (Wildman–Crippen MR) is 131 cm³/mol. The molecule has 2 aromatic carbocycles. The average Bonchev–Trinajstić information content (AvgIpc) is 2.81. The Hall–Kier alpha value is -2.25. The lowest BCUT2D eigenvalue weighted by atomic mass is 10.00. The SMILES string of the molecule is CCO[Si](CCCCc1ccc(-c2cccc(/C=C/C(=O)OC)c2)cc1)(OCC)OCC. The first-order valence-corrected chi connectivity index (χ1v) is 13.4. The van der Waals surface area contributed by atoms with E-state index >= 15 is 0 Å². The van der Waals surface area contributed by atoms with Crippen LogP contribution in [-0.4, -0.2) is 41.7 Å². The summed E-state index contributed by atoms with van der Waals surface area (Å²) in [5.41, 5.74) is 4.54. The van der Waals surface area contributed by atoms with E-state index < -0.39 is 8.80 Å². The summed E-state index contributed by atoms with van der Waals surface area (Å²) in [7, 11) is -1.17. The van der Waals surface area contributed by atoms with Crippen molar-refractivity contribution >= 4 is 20.8 Å². The zero-order chi connectivity index (χ0) is 23.2. The maximum absolute atomic E-state index is 11.3. The molecule has 0 N–H and O–H groups in total. The van der Waals surface area contributed by atoms with Crippen molar-refractivity contribution < 1.29 is 22.8 Å². The second kappa shape index (κ2) is 14.0. The molecule has 0 aliphatic carbocycles. The van der Waals surface area contributed by atoms with Gasteiger partial charge in [-0.3, -0.25) is 0 Å². The van der Waals surface area contributed by atoms with E-state index in [0.717, 1.165) is 42.0 Å². The second-order valence-corrected chi connectivity index (χ2v) is 10.1. The number of rotatable bonds is 14. The molecule has 0 aliphatic heterocycles. The zero-order valence-electron chi connectivity index (χ0n) is 19.8. The summed E-state index contributed by atoms with van der Waals surface area (Å²) in [6.07, 6.45) is 6.29. The summed E-state index contributed by atoms with van der Waals surface area (Å²) in [6, 6.07) is 17.6. The maximum atomic E-state index is 11.3. The first kappa shape index (κ1) is 26.0. The van der Waals surface area contributed by atoms with E-state index in [2.05, 4.69) is 41.1 Å². The van der Waals surface area contributed by atoms with E-state index in [9.17, 15) is 4.79 Å². The number of ether oxygens (including phenoxy) is 1. The summed E-state index contributed by atoms with van der Waals surface area (Å²) in [4.78, 5) is 11.3. The van der Waals surface area contributed by atoms with E-state index in [4.69, 9.17) is 13.3 Å². The summed E-state index contributed by atoms with van der Waals surface area (Å²) >= 11 is 0. The van der Waals surface area contributed by atoms with Crippen LogP contribution in [0.25, 0.3) is 17.2 Å². The van der Waals surface area contributed by atoms with Crippen LogP contribution in [0.4, 0.5) is 0 Å². The van der Waals surface area contributed by atoms with Crippen molar-refractivity contribution in [2.45, 2.75) is 46.1 Å². The molecule has 0 heterocycles. The van der Waals surface area contributed by atoms with Crippen LogP contribution in [0.1, 0.15) is 44.7 Å². The Bertz CT molecular complexity index is 831. The Balaban J connectivity index is 1.93. The molecule has 0 atom stereocenters. The lowest BCUT2D eigenvalue weighted by Gasteiger charge is -2.28. The smallest absolute Gasteiger partial charge is 0.466 e. The van der Waals surface area contributed by atoms with Crippen molar-refractivity contribution in [3.63, 3.8) is 0 Å².